The van der Waals surface area contributed by atoms with Crippen LogP contribution < -0.4 is 24.8 Å². The molecule has 0 spiro atoms. The maximum atomic E-state index is 14.0. The summed E-state index contributed by atoms with van der Waals surface area (Å²) in [5.41, 5.74) is 2.59. The molecule has 8 heteroatoms. The van der Waals surface area contributed by atoms with E-state index < -0.39 is 0 Å². The van der Waals surface area contributed by atoms with E-state index in [4.69, 9.17) is 14.2 Å². The van der Waals surface area contributed by atoms with Crippen molar-refractivity contribution in [2.45, 2.75) is 19.6 Å². The van der Waals surface area contributed by atoms with E-state index in [1.54, 1.807) is 34.4 Å². The van der Waals surface area contributed by atoms with Crippen LogP contribution in [0.2, 0.25) is 0 Å². The number of methoxy groups -OCH3 is 3. The Hall–Kier alpha value is -3.00. The summed E-state index contributed by atoms with van der Waals surface area (Å²) in [7, 11) is 10.3. The highest BCUT2D eigenvalue weighted by Crippen LogP contribution is 2.38. The van der Waals surface area contributed by atoms with Gasteiger partial charge >= 0.3 is 0 Å². The van der Waals surface area contributed by atoms with Gasteiger partial charge in [0.1, 0.15) is 5.82 Å². The summed E-state index contributed by atoms with van der Waals surface area (Å²) in [5, 5.41) is 6.51. The molecule has 0 radical (unpaired) electrons. The minimum absolute atomic E-state index is 0.197. The molecule has 0 saturated heterocycles. The van der Waals surface area contributed by atoms with Gasteiger partial charge in [0.2, 0.25) is 5.75 Å². The van der Waals surface area contributed by atoms with Crippen LogP contribution in [-0.2, 0) is 19.6 Å². The second kappa shape index (κ2) is 11.3. The first-order valence-corrected chi connectivity index (χ1v) is 9.57. The van der Waals surface area contributed by atoms with Crippen molar-refractivity contribution in [1.82, 2.24) is 15.5 Å². The molecule has 0 amide bonds. The third-order valence-corrected chi connectivity index (χ3v) is 4.46. The molecule has 7 nitrogen and oxygen atoms in total. The highest BCUT2D eigenvalue weighted by atomic mass is 19.1. The molecule has 0 aliphatic rings. The molecular formula is C22H31FN4O3. The SMILES string of the molecule is CN=C(NCc1ccc(F)c(CN(C)C)c1)NCc1cc(OC)c(OC)c(OC)c1. The first-order chi connectivity index (χ1) is 14.4. The maximum Gasteiger partial charge on any atom is 0.203 e. The molecule has 164 valence electrons. The molecule has 2 aromatic carbocycles. The second-order valence-electron chi connectivity index (χ2n) is 6.98. The topological polar surface area (TPSA) is 67.4 Å². The van der Waals surface area contributed by atoms with Crippen molar-refractivity contribution in [2.75, 3.05) is 42.5 Å². The Balaban J connectivity index is 2.02. The molecule has 0 unspecified atom stereocenters. The highest BCUT2D eigenvalue weighted by molar-refractivity contribution is 5.79. The van der Waals surface area contributed by atoms with Crippen LogP contribution in [0.5, 0.6) is 17.2 Å². The molecule has 0 aliphatic heterocycles. The fourth-order valence-electron chi connectivity index (χ4n) is 3.03. The van der Waals surface area contributed by atoms with Crippen LogP contribution in [0.15, 0.2) is 35.3 Å². The van der Waals surface area contributed by atoms with Crippen molar-refractivity contribution < 1.29 is 18.6 Å². The summed E-state index contributed by atoms with van der Waals surface area (Å²) in [6.45, 7) is 1.58. The van der Waals surface area contributed by atoms with E-state index in [0.717, 1.165) is 11.1 Å². The van der Waals surface area contributed by atoms with Gasteiger partial charge in [0.05, 0.1) is 21.3 Å². The smallest absolute Gasteiger partial charge is 0.203 e. The van der Waals surface area contributed by atoms with Crippen molar-refractivity contribution in [2.24, 2.45) is 4.99 Å². The summed E-state index contributed by atoms with van der Waals surface area (Å²) in [6, 6.07) is 8.91. The quantitative estimate of drug-likeness (QED) is 0.482. The standard InChI is InChI=1S/C22H31FN4O3/c1-24-22(25-12-15-7-8-18(23)17(9-15)14-27(2)3)26-13-16-10-19(28-4)21(30-6)20(11-16)29-5/h7-11H,12-14H2,1-6H3,(H2,24,25,26). The third kappa shape index (κ3) is 6.25. The number of guanidine groups is 1. The maximum absolute atomic E-state index is 14.0. The molecule has 2 aromatic rings. The van der Waals surface area contributed by atoms with Crippen LogP contribution in [-0.4, -0.2) is 53.3 Å². The summed E-state index contributed by atoms with van der Waals surface area (Å²) in [5.74, 6) is 2.17. The zero-order chi connectivity index (χ0) is 22.1. The van der Waals surface area contributed by atoms with Crippen LogP contribution in [0.25, 0.3) is 0 Å². The van der Waals surface area contributed by atoms with E-state index >= 15 is 0 Å². The van der Waals surface area contributed by atoms with E-state index in [9.17, 15) is 4.39 Å². The largest absolute Gasteiger partial charge is 0.493 e. The molecule has 0 aliphatic carbocycles. The number of rotatable bonds is 9. The second-order valence-corrected chi connectivity index (χ2v) is 6.98. The number of aliphatic imine (C=N–C) groups is 1. The average molecular weight is 419 g/mol. The summed E-state index contributed by atoms with van der Waals surface area (Å²) >= 11 is 0. The van der Waals surface area contributed by atoms with Crippen LogP contribution in [0.1, 0.15) is 16.7 Å². The molecule has 0 bridgehead atoms. The van der Waals surface area contributed by atoms with Gasteiger partial charge in [0.25, 0.3) is 0 Å². The van der Waals surface area contributed by atoms with Gasteiger partial charge in [-0.1, -0.05) is 6.07 Å². The molecule has 30 heavy (non-hydrogen) atoms. The van der Waals surface area contributed by atoms with Gasteiger partial charge in [-0.3, -0.25) is 4.99 Å². The normalized spacial score (nSPS) is 11.4. The molecule has 0 atom stereocenters. The van der Waals surface area contributed by atoms with Gasteiger partial charge < -0.3 is 29.7 Å². The molecular weight excluding hydrogens is 387 g/mol. The Kier molecular flexibility index (Phi) is 8.73. The van der Waals surface area contributed by atoms with Crippen LogP contribution >= 0.6 is 0 Å². The van der Waals surface area contributed by atoms with Crippen molar-refractivity contribution >= 4 is 5.96 Å². The number of nitrogens with one attached hydrogen (secondary N) is 2. The number of ether oxygens (including phenoxy) is 3. The molecule has 0 heterocycles. The predicted molar refractivity (Wildman–Crippen MR) is 117 cm³/mol. The predicted octanol–water partition coefficient (Wildman–Crippen LogP) is 2.78. The van der Waals surface area contributed by atoms with Gasteiger partial charge in [-0.15, -0.1) is 0 Å². The van der Waals surface area contributed by atoms with Gasteiger partial charge in [0, 0.05) is 32.2 Å². The van der Waals surface area contributed by atoms with Crippen molar-refractivity contribution in [3.8, 4) is 17.2 Å². The zero-order valence-electron chi connectivity index (χ0n) is 18.5. The van der Waals surface area contributed by atoms with Gasteiger partial charge in [-0.2, -0.15) is 0 Å². The Morgan fingerprint density at radius 3 is 2.03 bits per heavy atom. The first kappa shape index (κ1) is 23.3. The van der Waals surface area contributed by atoms with E-state index in [0.29, 0.717) is 48.4 Å². The first-order valence-electron chi connectivity index (χ1n) is 9.57. The minimum atomic E-state index is -0.197. The van der Waals surface area contributed by atoms with Crippen LogP contribution in [0.3, 0.4) is 0 Å². The van der Waals surface area contributed by atoms with E-state index in [-0.39, 0.29) is 5.82 Å². The monoisotopic (exact) mass is 418 g/mol. The highest BCUT2D eigenvalue weighted by Gasteiger charge is 2.13. The third-order valence-electron chi connectivity index (χ3n) is 4.46. The van der Waals surface area contributed by atoms with Gasteiger partial charge in [-0.05, 0) is 49.5 Å². The summed E-state index contributed by atoms with van der Waals surface area (Å²) in [6.07, 6.45) is 0. The van der Waals surface area contributed by atoms with Crippen LogP contribution in [0, 0.1) is 5.82 Å². The lowest BCUT2D eigenvalue weighted by atomic mass is 10.1. The summed E-state index contributed by atoms with van der Waals surface area (Å²) in [4.78, 5) is 6.19. The number of hydrogen-bond acceptors (Lipinski definition) is 5. The van der Waals surface area contributed by atoms with Gasteiger partial charge in [0.15, 0.2) is 17.5 Å². The average Bonchev–Trinajstić information content (AvgIpc) is 2.74. The lowest BCUT2D eigenvalue weighted by Gasteiger charge is -2.16. The van der Waals surface area contributed by atoms with Gasteiger partial charge in [-0.25, -0.2) is 4.39 Å². The fourth-order valence-corrected chi connectivity index (χ4v) is 3.03. The Labute approximate surface area is 177 Å². The Bertz CT molecular complexity index is 846. The fraction of sp³-hybridized carbons (Fsp3) is 0.409. The lowest BCUT2D eigenvalue weighted by molar-refractivity contribution is 0.323. The Morgan fingerprint density at radius 1 is 0.933 bits per heavy atom. The van der Waals surface area contributed by atoms with Crippen molar-refractivity contribution in [3.05, 3.63) is 52.8 Å². The molecule has 0 aromatic heterocycles. The molecule has 0 saturated carbocycles. The minimum Gasteiger partial charge on any atom is -0.493 e. The number of benzene rings is 2. The Morgan fingerprint density at radius 2 is 1.53 bits per heavy atom. The number of halogens is 1. The van der Waals surface area contributed by atoms with E-state index in [2.05, 4.69) is 15.6 Å². The zero-order valence-corrected chi connectivity index (χ0v) is 18.5. The van der Waals surface area contributed by atoms with Crippen molar-refractivity contribution in [3.63, 3.8) is 0 Å². The number of hydrogen-bond donors (Lipinski definition) is 2. The number of nitrogens with zero attached hydrogens (tertiary/aromatic N) is 2. The lowest BCUT2D eigenvalue weighted by Crippen LogP contribution is -2.36. The van der Waals surface area contributed by atoms with E-state index in [1.165, 1.54) is 6.07 Å². The van der Waals surface area contributed by atoms with Crippen LogP contribution in [0.4, 0.5) is 4.39 Å². The summed E-state index contributed by atoms with van der Waals surface area (Å²) < 4.78 is 30.1. The molecule has 2 rings (SSSR count). The molecule has 0 fully saturated rings. The van der Waals surface area contributed by atoms with Crippen molar-refractivity contribution in [1.29, 1.82) is 0 Å². The van der Waals surface area contributed by atoms with E-state index in [1.807, 2.05) is 37.2 Å². The molecule has 2 N–H and O–H groups in total.